The Hall–Kier alpha value is -1.31. The summed E-state index contributed by atoms with van der Waals surface area (Å²) in [6.45, 7) is 0.865. The third-order valence-electron chi connectivity index (χ3n) is 6.31. The van der Waals surface area contributed by atoms with E-state index in [-0.39, 0.29) is 43.3 Å². The average Bonchev–Trinajstić information content (AvgIpc) is 3.33. The van der Waals surface area contributed by atoms with Gasteiger partial charge in [-0.3, -0.25) is 14.5 Å². The van der Waals surface area contributed by atoms with Gasteiger partial charge in [-0.15, -0.1) is 0 Å². The number of carbonyl (C=O) groups excluding carboxylic acids is 1. The molecular weight excluding hydrogens is 361 g/mol. The van der Waals surface area contributed by atoms with Crippen molar-refractivity contribution in [3.05, 3.63) is 0 Å². The van der Waals surface area contributed by atoms with Gasteiger partial charge in [0.1, 0.15) is 0 Å². The minimum Gasteiger partial charge on any atom is -0.480 e. The third-order valence-corrected chi connectivity index (χ3v) is 6.31. The van der Waals surface area contributed by atoms with E-state index in [2.05, 4.69) is 5.32 Å². The Kier molecular flexibility index (Phi) is 6.33. The number of carboxylic acid groups (broad SMARTS) is 1. The molecule has 0 aromatic carbocycles. The van der Waals surface area contributed by atoms with Crippen LogP contribution in [0.5, 0.6) is 0 Å². The Morgan fingerprint density at radius 2 is 1.59 bits per heavy atom. The van der Waals surface area contributed by atoms with Crippen LogP contribution in [0, 0.1) is 17.8 Å². The van der Waals surface area contributed by atoms with Crippen LogP contribution in [0.15, 0.2) is 0 Å². The highest BCUT2D eigenvalue weighted by molar-refractivity contribution is 5.76. The van der Waals surface area contributed by atoms with Gasteiger partial charge in [0.25, 0.3) is 0 Å². The molecular formula is C19H29F3N2O3. The van der Waals surface area contributed by atoms with Crippen molar-refractivity contribution in [2.24, 2.45) is 17.8 Å². The maximum atomic E-state index is 12.7. The molecule has 3 saturated carbocycles. The monoisotopic (exact) mass is 390 g/mol. The van der Waals surface area contributed by atoms with E-state index in [1.807, 2.05) is 4.90 Å². The molecule has 3 fully saturated rings. The number of hydrogen-bond acceptors (Lipinski definition) is 3. The molecule has 0 bridgehead atoms. The molecule has 154 valence electrons. The smallest absolute Gasteiger partial charge is 0.391 e. The molecule has 0 heterocycles. The highest BCUT2D eigenvalue weighted by Crippen LogP contribution is 2.40. The topological polar surface area (TPSA) is 69.6 Å². The number of halogens is 3. The molecule has 0 unspecified atom stereocenters. The maximum Gasteiger partial charge on any atom is 0.391 e. The summed E-state index contributed by atoms with van der Waals surface area (Å²) >= 11 is 0. The maximum absolute atomic E-state index is 12.7. The van der Waals surface area contributed by atoms with Gasteiger partial charge in [0.2, 0.25) is 5.91 Å². The van der Waals surface area contributed by atoms with E-state index in [9.17, 15) is 22.8 Å². The van der Waals surface area contributed by atoms with Gasteiger partial charge in [-0.05, 0) is 63.2 Å². The molecule has 8 heteroatoms. The molecule has 0 atom stereocenters. The number of carboxylic acids is 1. The molecule has 0 spiro atoms. The average molecular weight is 390 g/mol. The van der Waals surface area contributed by atoms with Crippen molar-refractivity contribution < 1.29 is 27.9 Å². The van der Waals surface area contributed by atoms with Crippen LogP contribution < -0.4 is 5.32 Å². The molecule has 3 aliphatic carbocycles. The Bertz CT molecular complexity index is 537. The second kappa shape index (κ2) is 8.37. The predicted octanol–water partition coefficient (Wildman–Crippen LogP) is 3.19. The van der Waals surface area contributed by atoms with Crippen molar-refractivity contribution in [1.82, 2.24) is 10.2 Å². The fourth-order valence-corrected chi connectivity index (χ4v) is 4.40. The van der Waals surface area contributed by atoms with Gasteiger partial charge >= 0.3 is 12.1 Å². The number of nitrogens with one attached hydrogen (secondary N) is 1. The third kappa shape index (κ3) is 6.09. The normalized spacial score (nSPS) is 31.4. The Labute approximate surface area is 157 Å². The van der Waals surface area contributed by atoms with Crippen LogP contribution in [0.4, 0.5) is 13.2 Å². The molecule has 3 aliphatic rings. The van der Waals surface area contributed by atoms with Crippen molar-refractivity contribution in [2.75, 3.05) is 13.1 Å². The van der Waals surface area contributed by atoms with Crippen LogP contribution in [-0.2, 0) is 9.59 Å². The quantitative estimate of drug-likeness (QED) is 0.668. The SMILES string of the molecule is O=C(O)CN(CC1CC1)C1CC(NC(=O)CC2CCC(C(F)(F)F)CC2)C1. The van der Waals surface area contributed by atoms with Gasteiger partial charge in [-0.2, -0.15) is 13.2 Å². The number of aliphatic carboxylic acids is 1. The van der Waals surface area contributed by atoms with E-state index in [0.29, 0.717) is 25.2 Å². The van der Waals surface area contributed by atoms with Gasteiger partial charge in [-0.25, -0.2) is 0 Å². The van der Waals surface area contributed by atoms with Crippen molar-refractivity contribution in [1.29, 1.82) is 0 Å². The molecule has 3 rings (SSSR count). The summed E-state index contributed by atoms with van der Waals surface area (Å²) in [4.78, 5) is 25.2. The summed E-state index contributed by atoms with van der Waals surface area (Å²) in [6.07, 6.45) is 1.19. The van der Waals surface area contributed by atoms with Crippen LogP contribution in [0.1, 0.15) is 57.8 Å². The molecule has 0 aliphatic heterocycles. The molecule has 27 heavy (non-hydrogen) atoms. The van der Waals surface area contributed by atoms with Crippen LogP contribution in [-0.4, -0.2) is 53.2 Å². The van der Waals surface area contributed by atoms with Crippen molar-refractivity contribution in [3.8, 4) is 0 Å². The van der Waals surface area contributed by atoms with Crippen molar-refractivity contribution >= 4 is 11.9 Å². The number of amides is 1. The standard InChI is InChI=1S/C19H29F3N2O3/c20-19(21,22)14-5-3-12(4-6-14)7-17(25)23-15-8-16(9-15)24(11-18(26)27)10-13-1-2-13/h12-16H,1-11H2,(H,23,25)(H,26,27). The highest BCUT2D eigenvalue weighted by atomic mass is 19.4. The predicted molar refractivity (Wildman–Crippen MR) is 93.0 cm³/mol. The number of nitrogens with zero attached hydrogens (tertiary/aromatic N) is 1. The van der Waals surface area contributed by atoms with Crippen LogP contribution >= 0.6 is 0 Å². The number of rotatable bonds is 8. The first-order chi connectivity index (χ1) is 12.7. The second-order valence-corrected chi connectivity index (χ2v) is 8.62. The zero-order chi connectivity index (χ0) is 19.6. The van der Waals surface area contributed by atoms with Gasteiger partial charge in [-0.1, -0.05) is 0 Å². The van der Waals surface area contributed by atoms with Gasteiger partial charge in [0.05, 0.1) is 12.5 Å². The lowest BCUT2D eigenvalue weighted by atomic mass is 9.79. The Morgan fingerprint density at radius 1 is 1.00 bits per heavy atom. The van der Waals surface area contributed by atoms with E-state index in [1.54, 1.807) is 0 Å². The second-order valence-electron chi connectivity index (χ2n) is 8.62. The number of alkyl halides is 3. The summed E-state index contributed by atoms with van der Waals surface area (Å²) in [6, 6.07) is 0.263. The van der Waals surface area contributed by atoms with Crippen molar-refractivity contribution in [3.63, 3.8) is 0 Å². The molecule has 2 N–H and O–H groups in total. The molecule has 0 aromatic rings. The van der Waals surface area contributed by atoms with Gasteiger partial charge < -0.3 is 10.4 Å². The Balaban J connectivity index is 1.34. The first-order valence-electron chi connectivity index (χ1n) is 10.0. The Morgan fingerprint density at radius 3 is 2.11 bits per heavy atom. The molecule has 1 amide bonds. The lowest BCUT2D eigenvalue weighted by Gasteiger charge is -2.43. The van der Waals surface area contributed by atoms with E-state index < -0.39 is 18.1 Å². The van der Waals surface area contributed by atoms with E-state index >= 15 is 0 Å². The van der Waals surface area contributed by atoms with E-state index in [4.69, 9.17) is 5.11 Å². The largest absolute Gasteiger partial charge is 0.480 e. The van der Waals surface area contributed by atoms with Gasteiger partial charge in [0, 0.05) is 25.0 Å². The zero-order valence-electron chi connectivity index (χ0n) is 15.5. The highest BCUT2D eigenvalue weighted by Gasteiger charge is 2.42. The minimum atomic E-state index is -4.11. The first kappa shape index (κ1) is 20.4. The molecule has 5 nitrogen and oxygen atoms in total. The first-order valence-corrected chi connectivity index (χ1v) is 10.0. The van der Waals surface area contributed by atoms with Crippen molar-refractivity contribution in [2.45, 2.75) is 76.0 Å². The minimum absolute atomic E-state index is 0.0397. The summed E-state index contributed by atoms with van der Waals surface area (Å²) in [5, 5.41) is 12.0. The summed E-state index contributed by atoms with van der Waals surface area (Å²) in [5.74, 6) is -1.46. The lowest BCUT2D eigenvalue weighted by Crippen LogP contribution is -2.55. The van der Waals surface area contributed by atoms with Crippen LogP contribution in [0.25, 0.3) is 0 Å². The molecule has 0 radical (unpaired) electrons. The summed E-state index contributed by atoms with van der Waals surface area (Å²) in [7, 11) is 0. The summed E-state index contributed by atoms with van der Waals surface area (Å²) < 4.78 is 38.1. The number of hydrogen-bond donors (Lipinski definition) is 2. The van der Waals surface area contributed by atoms with E-state index in [0.717, 1.165) is 19.4 Å². The number of carbonyl (C=O) groups is 2. The van der Waals surface area contributed by atoms with Crippen LogP contribution in [0.2, 0.25) is 0 Å². The zero-order valence-corrected chi connectivity index (χ0v) is 15.5. The molecule has 0 aromatic heterocycles. The van der Waals surface area contributed by atoms with Crippen LogP contribution in [0.3, 0.4) is 0 Å². The fourth-order valence-electron chi connectivity index (χ4n) is 4.40. The fraction of sp³-hybridized carbons (Fsp3) is 0.895. The summed E-state index contributed by atoms with van der Waals surface area (Å²) in [5.41, 5.74) is 0. The van der Waals surface area contributed by atoms with E-state index in [1.165, 1.54) is 12.8 Å². The molecule has 0 saturated heterocycles. The lowest BCUT2D eigenvalue weighted by molar-refractivity contribution is -0.184. The van der Waals surface area contributed by atoms with Gasteiger partial charge in [0.15, 0.2) is 0 Å².